The molecule has 3 heteroatoms. The highest BCUT2D eigenvalue weighted by Gasteiger charge is 2.05. The van der Waals surface area contributed by atoms with Crippen LogP contribution in [0.1, 0.15) is 43.0 Å². The van der Waals surface area contributed by atoms with E-state index in [1.165, 1.54) is 19.3 Å². The van der Waals surface area contributed by atoms with Crippen LogP contribution in [0.5, 0.6) is 5.75 Å². The molecular formula is C14H21NO2. The lowest BCUT2D eigenvalue weighted by molar-refractivity contribution is 0.0952. The van der Waals surface area contributed by atoms with Gasteiger partial charge in [-0.15, -0.1) is 0 Å². The maximum absolute atomic E-state index is 11.8. The zero-order valence-electron chi connectivity index (χ0n) is 10.7. The first kappa shape index (κ1) is 13.6. The molecule has 0 aliphatic heterocycles. The summed E-state index contributed by atoms with van der Waals surface area (Å²) >= 11 is 0. The molecule has 1 amide bonds. The first-order valence-electron chi connectivity index (χ1n) is 6.20. The van der Waals surface area contributed by atoms with Gasteiger partial charge in [-0.3, -0.25) is 4.79 Å². The molecule has 94 valence electrons. The van der Waals surface area contributed by atoms with Crippen LogP contribution >= 0.6 is 0 Å². The van der Waals surface area contributed by atoms with E-state index in [1.54, 1.807) is 19.2 Å². The van der Waals surface area contributed by atoms with Crippen LogP contribution in [0.2, 0.25) is 0 Å². The van der Waals surface area contributed by atoms with Gasteiger partial charge < -0.3 is 10.1 Å². The van der Waals surface area contributed by atoms with Crippen molar-refractivity contribution in [3.8, 4) is 5.75 Å². The second kappa shape index (κ2) is 7.71. The Bertz CT molecular complexity index is 350. The first-order valence-corrected chi connectivity index (χ1v) is 6.20. The fourth-order valence-corrected chi connectivity index (χ4v) is 1.62. The molecular weight excluding hydrogens is 214 g/mol. The Hall–Kier alpha value is -1.51. The molecule has 0 heterocycles. The van der Waals surface area contributed by atoms with Crippen molar-refractivity contribution in [2.75, 3.05) is 13.7 Å². The van der Waals surface area contributed by atoms with Gasteiger partial charge in [0.05, 0.1) is 7.11 Å². The second-order valence-electron chi connectivity index (χ2n) is 4.05. The number of ether oxygens (including phenoxy) is 1. The Balaban J connectivity index is 2.36. The molecule has 0 aliphatic rings. The summed E-state index contributed by atoms with van der Waals surface area (Å²) in [5.41, 5.74) is 0.653. The van der Waals surface area contributed by atoms with Gasteiger partial charge in [0.15, 0.2) is 0 Å². The molecule has 0 unspecified atom stereocenters. The summed E-state index contributed by atoms with van der Waals surface area (Å²) < 4.78 is 5.08. The number of carbonyl (C=O) groups is 1. The largest absolute Gasteiger partial charge is 0.497 e. The Morgan fingerprint density at radius 1 is 1.29 bits per heavy atom. The molecule has 0 aromatic heterocycles. The number of hydrogen-bond acceptors (Lipinski definition) is 2. The van der Waals surface area contributed by atoms with E-state index in [0.717, 1.165) is 13.0 Å². The summed E-state index contributed by atoms with van der Waals surface area (Å²) in [4.78, 5) is 11.8. The molecule has 1 N–H and O–H groups in total. The maximum atomic E-state index is 11.8. The summed E-state index contributed by atoms with van der Waals surface area (Å²) in [6.07, 6.45) is 4.66. The maximum Gasteiger partial charge on any atom is 0.251 e. The minimum atomic E-state index is -0.0274. The number of amides is 1. The predicted molar refractivity (Wildman–Crippen MR) is 69.5 cm³/mol. The van der Waals surface area contributed by atoms with E-state index in [1.807, 2.05) is 12.1 Å². The fraction of sp³-hybridized carbons (Fsp3) is 0.500. The lowest BCUT2D eigenvalue weighted by Crippen LogP contribution is -2.24. The zero-order chi connectivity index (χ0) is 12.5. The van der Waals surface area contributed by atoms with Gasteiger partial charge >= 0.3 is 0 Å². The van der Waals surface area contributed by atoms with E-state index >= 15 is 0 Å². The van der Waals surface area contributed by atoms with Crippen LogP contribution in [0.15, 0.2) is 24.3 Å². The van der Waals surface area contributed by atoms with E-state index in [9.17, 15) is 4.79 Å². The van der Waals surface area contributed by atoms with Crippen LogP contribution in [0.25, 0.3) is 0 Å². The number of methoxy groups -OCH3 is 1. The summed E-state index contributed by atoms with van der Waals surface area (Å²) in [5.74, 6) is 0.684. The second-order valence-corrected chi connectivity index (χ2v) is 4.05. The monoisotopic (exact) mass is 235 g/mol. The van der Waals surface area contributed by atoms with Crippen molar-refractivity contribution >= 4 is 5.91 Å². The predicted octanol–water partition coefficient (Wildman–Crippen LogP) is 3.01. The van der Waals surface area contributed by atoms with Crippen molar-refractivity contribution in [1.29, 1.82) is 0 Å². The Labute approximate surface area is 103 Å². The van der Waals surface area contributed by atoms with E-state index < -0.39 is 0 Å². The molecule has 3 nitrogen and oxygen atoms in total. The fourth-order valence-electron chi connectivity index (χ4n) is 1.62. The molecule has 1 aromatic carbocycles. The minimum absolute atomic E-state index is 0.0274. The zero-order valence-corrected chi connectivity index (χ0v) is 10.7. The summed E-state index contributed by atoms with van der Waals surface area (Å²) in [6.45, 7) is 2.92. The molecule has 0 aliphatic carbocycles. The third-order valence-corrected chi connectivity index (χ3v) is 2.65. The van der Waals surface area contributed by atoms with Gasteiger partial charge in [0.2, 0.25) is 0 Å². The lowest BCUT2D eigenvalue weighted by Gasteiger charge is -2.06. The Morgan fingerprint density at radius 2 is 2.12 bits per heavy atom. The van der Waals surface area contributed by atoms with Crippen molar-refractivity contribution < 1.29 is 9.53 Å². The van der Waals surface area contributed by atoms with E-state index in [2.05, 4.69) is 12.2 Å². The van der Waals surface area contributed by atoms with Crippen LogP contribution in [0.3, 0.4) is 0 Å². The third-order valence-electron chi connectivity index (χ3n) is 2.65. The van der Waals surface area contributed by atoms with Gasteiger partial charge in [0, 0.05) is 12.1 Å². The highest BCUT2D eigenvalue weighted by atomic mass is 16.5. The van der Waals surface area contributed by atoms with Gasteiger partial charge in [-0.1, -0.05) is 32.3 Å². The SMILES string of the molecule is CCCCCCNC(=O)c1cccc(OC)c1. The topological polar surface area (TPSA) is 38.3 Å². The molecule has 1 aromatic rings. The molecule has 0 bridgehead atoms. The quantitative estimate of drug-likeness (QED) is 0.738. The number of rotatable bonds is 7. The number of carbonyl (C=O) groups excluding carboxylic acids is 1. The van der Waals surface area contributed by atoms with Gasteiger partial charge in [0.25, 0.3) is 5.91 Å². The van der Waals surface area contributed by atoms with Gasteiger partial charge in [0.1, 0.15) is 5.75 Å². The van der Waals surface area contributed by atoms with Crippen LogP contribution in [-0.2, 0) is 0 Å². The average molecular weight is 235 g/mol. The third kappa shape index (κ3) is 4.89. The van der Waals surface area contributed by atoms with Crippen molar-refractivity contribution in [1.82, 2.24) is 5.32 Å². The summed E-state index contributed by atoms with van der Waals surface area (Å²) in [7, 11) is 1.60. The van der Waals surface area contributed by atoms with E-state index in [4.69, 9.17) is 4.74 Å². The highest BCUT2D eigenvalue weighted by Crippen LogP contribution is 2.12. The molecule has 0 radical (unpaired) electrons. The highest BCUT2D eigenvalue weighted by molar-refractivity contribution is 5.94. The van der Waals surface area contributed by atoms with Gasteiger partial charge in [-0.2, -0.15) is 0 Å². The number of nitrogens with one attached hydrogen (secondary N) is 1. The smallest absolute Gasteiger partial charge is 0.251 e. The first-order chi connectivity index (χ1) is 8.27. The standard InChI is InChI=1S/C14H21NO2/c1-3-4-5-6-10-15-14(16)12-8-7-9-13(11-12)17-2/h7-9,11H,3-6,10H2,1-2H3,(H,15,16). The van der Waals surface area contributed by atoms with Crippen molar-refractivity contribution in [3.63, 3.8) is 0 Å². The molecule has 1 rings (SSSR count). The van der Waals surface area contributed by atoms with Gasteiger partial charge in [-0.05, 0) is 24.6 Å². The number of benzene rings is 1. The molecule has 0 saturated heterocycles. The number of unbranched alkanes of at least 4 members (excludes halogenated alkanes) is 3. The molecule has 0 fully saturated rings. The van der Waals surface area contributed by atoms with Crippen molar-refractivity contribution in [2.45, 2.75) is 32.6 Å². The Kier molecular flexibility index (Phi) is 6.15. The average Bonchev–Trinajstić information content (AvgIpc) is 2.38. The van der Waals surface area contributed by atoms with Crippen LogP contribution in [-0.4, -0.2) is 19.6 Å². The molecule has 0 atom stereocenters. The summed E-state index contributed by atoms with van der Waals surface area (Å²) in [5, 5.41) is 2.91. The summed E-state index contributed by atoms with van der Waals surface area (Å²) in [6, 6.07) is 7.20. The van der Waals surface area contributed by atoms with Crippen LogP contribution in [0, 0.1) is 0 Å². The van der Waals surface area contributed by atoms with Crippen molar-refractivity contribution in [3.05, 3.63) is 29.8 Å². The lowest BCUT2D eigenvalue weighted by atomic mass is 10.2. The molecule has 17 heavy (non-hydrogen) atoms. The van der Waals surface area contributed by atoms with Crippen LogP contribution < -0.4 is 10.1 Å². The number of hydrogen-bond donors (Lipinski definition) is 1. The van der Waals surface area contributed by atoms with E-state index in [-0.39, 0.29) is 5.91 Å². The van der Waals surface area contributed by atoms with Crippen molar-refractivity contribution in [2.24, 2.45) is 0 Å². The van der Waals surface area contributed by atoms with Crippen LogP contribution in [0.4, 0.5) is 0 Å². The minimum Gasteiger partial charge on any atom is -0.497 e. The van der Waals surface area contributed by atoms with Gasteiger partial charge in [-0.25, -0.2) is 0 Å². The Morgan fingerprint density at radius 3 is 2.82 bits per heavy atom. The van der Waals surface area contributed by atoms with E-state index in [0.29, 0.717) is 11.3 Å². The molecule has 0 spiro atoms. The normalized spacial score (nSPS) is 10.0. The molecule has 0 saturated carbocycles.